The fourth-order valence-corrected chi connectivity index (χ4v) is 4.94. The Labute approximate surface area is 243 Å². The Hall–Kier alpha value is -3.84. The molecule has 4 atom stereocenters. The van der Waals surface area contributed by atoms with Gasteiger partial charge in [0.25, 0.3) is 0 Å². The number of aromatic nitrogens is 3. The van der Waals surface area contributed by atoms with E-state index in [1.54, 1.807) is 18.0 Å². The number of nitrogens with one attached hydrogen (secondary N) is 5. The largest absolute Gasteiger partial charge is 0.480 e. The van der Waals surface area contributed by atoms with E-state index in [-0.39, 0.29) is 18.8 Å². The second-order valence-electron chi connectivity index (χ2n) is 10.4. The lowest BCUT2D eigenvalue weighted by Gasteiger charge is -2.26. The maximum atomic E-state index is 13.5. The predicted molar refractivity (Wildman–Crippen MR) is 158 cm³/mol. The SMILES string of the molecule is CSCCC(N)C(=O)NC(CC(C)C)C(=O)NC(Cc1cnc[nH]1)C(=O)NC(Cc1c[nH]c2ccccc12)C(=O)O. The van der Waals surface area contributed by atoms with Gasteiger partial charge in [0.2, 0.25) is 17.7 Å². The fraction of sp³-hybridized carbons (Fsp3) is 0.464. The van der Waals surface area contributed by atoms with E-state index in [4.69, 9.17) is 5.73 Å². The van der Waals surface area contributed by atoms with Crippen LogP contribution in [-0.4, -0.2) is 79.9 Å². The van der Waals surface area contributed by atoms with Crippen LogP contribution in [0.5, 0.6) is 0 Å². The maximum Gasteiger partial charge on any atom is 0.326 e. The van der Waals surface area contributed by atoms with E-state index in [2.05, 4.69) is 30.9 Å². The summed E-state index contributed by atoms with van der Waals surface area (Å²) in [5, 5.41) is 18.8. The van der Waals surface area contributed by atoms with Crippen molar-refractivity contribution in [2.24, 2.45) is 11.7 Å². The number of hydrogen-bond donors (Lipinski definition) is 7. The van der Waals surface area contributed by atoms with Crippen molar-refractivity contribution in [3.8, 4) is 0 Å². The molecular weight excluding hydrogens is 546 g/mol. The molecule has 222 valence electrons. The minimum atomic E-state index is -1.25. The number of thioether (sulfide) groups is 1. The van der Waals surface area contributed by atoms with Gasteiger partial charge in [-0.1, -0.05) is 32.0 Å². The Morgan fingerprint density at radius 3 is 2.32 bits per heavy atom. The first-order valence-corrected chi connectivity index (χ1v) is 14.9. The number of aliphatic carboxylic acids is 1. The van der Waals surface area contributed by atoms with Crippen molar-refractivity contribution in [2.45, 2.75) is 63.7 Å². The van der Waals surface area contributed by atoms with Crippen LogP contribution in [0.2, 0.25) is 0 Å². The third kappa shape index (κ3) is 9.35. The highest BCUT2D eigenvalue weighted by atomic mass is 32.2. The molecule has 0 aliphatic carbocycles. The highest BCUT2D eigenvalue weighted by Gasteiger charge is 2.31. The van der Waals surface area contributed by atoms with Crippen LogP contribution in [0.3, 0.4) is 0 Å². The van der Waals surface area contributed by atoms with Gasteiger partial charge in [0, 0.05) is 41.8 Å². The van der Waals surface area contributed by atoms with Crippen LogP contribution >= 0.6 is 11.8 Å². The van der Waals surface area contributed by atoms with E-state index in [0.717, 1.165) is 16.5 Å². The first kappa shape index (κ1) is 31.7. The summed E-state index contributed by atoms with van der Waals surface area (Å²) < 4.78 is 0. The molecular formula is C28H39N7O5S. The first-order chi connectivity index (χ1) is 19.6. The van der Waals surface area contributed by atoms with Gasteiger partial charge in [-0.05, 0) is 42.4 Å². The number of carbonyl (C=O) groups is 4. The highest BCUT2D eigenvalue weighted by Crippen LogP contribution is 2.19. The van der Waals surface area contributed by atoms with Crippen molar-refractivity contribution in [1.82, 2.24) is 30.9 Å². The number of amides is 3. The average molecular weight is 586 g/mol. The minimum Gasteiger partial charge on any atom is -0.480 e. The molecule has 13 heteroatoms. The van der Waals surface area contributed by atoms with Gasteiger partial charge in [-0.25, -0.2) is 9.78 Å². The number of nitrogens with two attached hydrogens (primary N) is 1. The van der Waals surface area contributed by atoms with Gasteiger partial charge in [0.15, 0.2) is 0 Å². The molecule has 8 N–H and O–H groups in total. The van der Waals surface area contributed by atoms with Crippen molar-refractivity contribution in [3.63, 3.8) is 0 Å². The average Bonchev–Trinajstić information content (AvgIpc) is 3.60. The molecule has 0 aliphatic heterocycles. The zero-order chi connectivity index (χ0) is 29.9. The highest BCUT2D eigenvalue weighted by molar-refractivity contribution is 7.98. The fourth-order valence-electron chi connectivity index (χ4n) is 4.45. The van der Waals surface area contributed by atoms with Crippen LogP contribution in [0.15, 0.2) is 43.0 Å². The monoisotopic (exact) mass is 585 g/mol. The minimum absolute atomic E-state index is 0.0343. The molecule has 41 heavy (non-hydrogen) atoms. The van der Waals surface area contributed by atoms with Gasteiger partial charge in [0.1, 0.15) is 18.1 Å². The van der Waals surface area contributed by atoms with E-state index in [9.17, 15) is 24.3 Å². The summed E-state index contributed by atoms with van der Waals surface area (Å²) in [4.78, 5) is 61.7. The van der Waals surface area contributed by atoms with E-state index in [1.807, 2.05) is 44.4 Å². The summed E-state index contributed by atoms with van der Waals surface area (Å²) in [5.41, 5.74) is 8.16. The number of carbonyl (C=O) groups excluding carboxylic acids is 3. The molecule has 0 saturated heterocycles. The second-order valence-corrected chi connectivity index (χ2v) is 11.4. The number of para-hydroxylation sites is 1. The molecule has 4 unspecified atom stereocenters. The van der Waals surface area contributed by atoms with Crippen LogP contribution in [0, 0.1) is 5.92 Å². The molecule has 0 bridgehead atoms. The molecule has 0 saturated carbocycles. The first-order valence-electron chi connectivity index (χ1n) is 13.5. The summed E-state index contributed by atoms with van der Waals surface area (Å²) in [5.74, 6) is -2.14. The summed E-state index contributed by atoms with van der Waals surface area (Å²) >= 11 is 1.57. The Morgan fingerprint density at radius 2 is 1.66 bits per heavy atom. The maximum absolute atomic E-state index is 13.5. The summed E-state index contributed by atoms with van der Waals surface area (Å²) in [7, 11) is 0. The molecule has 12 nitrogen and oxygen atoms in total. The van der Waals surface area contributed by atoms with Crippen LogP contribution in [0.1, 0.15) is 37.9 Å². The molecule has 2 heterocycles. The molecule has 2 aromatic heterocycles. The molecule has 3 aromatic rings. The third-order valence-electron chi connectivity index (χ3n) is 6.64. The summed E-state index contributed by atoms with van der Waals surface area (Å²) in [6, 6.07) is 3.40. The lowest BCUT2D eigenvalue weighted by molar-refractivity contribution is -0.142. The number of carboxylic acid groups (broad SMARTS) is 1. The Balaban J connectivity index is 1.77. The number of rotatable bonds is 16. The van der Waals surface area contributed by atoms with Gasteiger partial charge < -0.3 is 36.8 Å². The van der Waals surface area contributed by atoms with E-state index < -0.39 is 47.9 Å². The topological polar surface area (TPSA) is 195 Å². The number of H-pyrrole nitrogens is 2. The smallest absolute Gasteiger partial charge is 0.326 e. The van der Waals surface area contributed by atoms with Gasteiger partial charge in [-0.2, -0.15) is 11.8 Å². The number of carboxylic acids is 1. The number of benzene rings is 1. The molecule has 1 aromatic carbocycles. The van der Waals surface area contributed by atoms with Gasteiger partial charge >= 0.3 is 5.97 Å². The summed E-state index contributed by atoms with van der Waals surface area (Å²) in [6.45, 7) is 3.83. The third-order valence-corrected chi connectivity index (χ3v) is 7.28. The van der Waals surface area contributed by atoms with Crippen LogP contribution in [0.25, 0.3) is 10.9 Å². The zero-order valence-electron chi connectivity index (χ0n) is 23.5. The number of fused-ring (bicyclic) bond motifs is 1. The number of aromatic amines is 2. The molecule has 0 aliphatic rings. The lowest BCUT2D eigenvalue weighted by atomic mass is 10.0. The zero-order valence-corrected chi connectivity index (χ0v) is 24.3. The van der Waals surface area contributed by atoms with Crippen LogP contribution in [0.4, 0.5) is 0 Å². The van der Waals surface area contributed by atoms with E-state index in [0.29, 0.717) is 24.3 Å². The van der Waals surface area contributed by atoms with Crippen molar-refractivity contribution in [2.75, 3.05) is 12.0 Å². The number of imidazole rings is 1. The Bertz CT molecular complexity index is 1310. The van der Waals surface area contributed by atoms with E-state index in [1.165, 1.54) is 12.5 Å². The summed E-state index contributed by atoms with van der Waals surface area (Å²) in [6.07, 6.45) is 7.46. The van der Waals surface area contributed by atoms with Crippen molar-refractivity contribution < 1.29 is 24.3 Å². The van der Waals surface area contributed by atoms with Crippen LogP contribution < -0.4 is 21.7 Å². The molecule has 0 fully saturated rings. The van der Waals surface area contributed by atoms with Crippen molar-refractivity contribution in [1.29, 1.82) is 0 Å². The van der Waals surface area contributed by atoms with Crippen LogP contribution in [-0.2, 0) is 32.0 Å². The van der Waals surface area contributed by atoms with E-state index >= 15 is 0 Å². The second kappa shape index (κ2) is 15.2. The van der Waals surface area contributed by atoms with Gasteiger partial charge in [-0.15, -0.1) is 0 Å². The number of hydrogen-bond acceptors (Lipinski definition) is 7. The van der Waals surface area contributed by atoms with Crippen molar-refractivity contribution in [3.05, 3.63) is 54.2 Å². The van der Waals surface area contributed by atoms with Gasteiger partial charge in [0.05, 0.1) is 12.4 Å². The lowest BCUT2D eigenvalue weighted by Crippen LogP contribution is -2.58. The van der Waals surface area contributed by atoms with Crippen molar-refractivity contribution >= 4 is 46.4 Å². The van der Waals surface area contributed by atoms with Gasteiger partial charge in [-0.3, -0.25) is 14.4 Å². The Kier molecular flexibility index (Phi) is 11.8. The number of nitrogens with zero attached hydrogens (tertiary/aromatic N) is 1. The quantitative estimate of drug-likeness (QED) is 0.131. The standard InChI is InChI=1S/C28H39N7O5S/c1-16(2)10-22(33-25(36)20(29)8-9-41-3)26(37)34-23(12-18-14-30-15-32-18)27(38)35-24(28(39)40)11-17-13-31-21-7-5-4-6-19(17)21/h4-7,13-16,20,22-24,31H,8-12,29H2,1-3H3,(H,30,32)(H,33,36)(H,34,37)(H,35,38)(H,39,40). The molecule has 0 spiro atoms. The normalized spacial score (nSPS) is 14.3. The Morgan fingerprint density at radius 1 is 0.976 bits per heavy atom. The molecule has 0 radical (unpaired) electrons. The molecule has 3 rings (SSSR count). The molecule has 3 amide bonds. The predicted octanol–water partition coefficient (Wildman–Crippen LogP) is 1.34.